The van der Waals surface area contributed by atoms with Crippen molar-refractivity contribution in [2.75, 3.05) is 5.73 Å². The van der Waals surface area contributed by atoms with E-state index in [1.54, 1.807) is 17.4 Å². The fourth-order valence-electron chi connectivity index (χ4n) is 0.948. The Hall–Kier alpha value is -1.54. The molecule has 0 spiro atoms. The lowest BCUT2D eigenvalue weighted by atomic mass is 10.3. The van der Waals surface area contributed by atoms with Crippen molar-refractivity contribution in [1.29, 1.82) is 0 Å². The number of thiophene rings is 1. The molecule has 0 atom stereocenters. The molecule has 0 unspecified atom stereocenters. The van der Waals surface area contributed by atoms with Gasteiger partial charge in [-0.25, -0.2) is 9.78 Å². The van der Waals surface area contributed by atoms with Crippen molar-refractivity contribution in [3.8, 4) is 0 Å². The zero-order chi connectivity index (χ0) is 13.9. The molecule has 18 heavy (non-hydrogen) atoms. The molecule has 0 aliphatic heterocycles. The largest absolute Gasteiger partial charge is 0.490 e. The van der Waals surface area contributed by atoms with Gasteiger partial charge in [0.2, 0.25) is 0 Å². The SMILES string of the molecule is Nc1cc(Cl)nc2ccsc12.O=C(O)C(F)(F)F. The third-order valence-corrected chi connectivity index (χ3v) is 2.80. The molecule has 4 nitrogen and oxygen atoms in total. The molecule has 98 valence electrons. The van der Waals surface area contributed by atoms with Crippen molar-refractivity contribution in [3.05, 3.63) is 22.7 Å². The fraction of sp³-hybridized carbons (Fsp3) is 0.111. The first kappa shape index (κ1) is 14.5. The summed E-state index contributed by atoms with van der Waals surface area (Å²) in [6.45, 7) is 0. The summed E-state index contributed by atoms with van der Waals surface area (Å²) in [5.74, 6) is -2.76. The summed E-state index contributed by atoms with van der Waals surface area (Å²) in [4.78, 5) is 13.0. The maximum absolute atomic E-state index is 10.6. The highest BCUT2D eigenvalue weighted by molar-refractivity contribution is 7.17. The van der Waals surface area contributed by atoms with Crippen LogP contribution >= 0.6 is 22.9 Å². The Morgan fingerprint density at radius 3 is 2.56 bits per heavy atom. The quantitative estimate of drug-likeness (QED) is 0.732. The predicted molar refractivity (Wildman–Crippen MR) is 62.7 cm³/mol. The van der Waals surface area contributed by atoms with E-state index in [1.807, 2.05) is 11.4 Å². The number of rotatable bonds is 0. The van der Waals surface area contributed by atoms with Crippen LogP contribution in [0.5, 0.6) is 0 Å². The molecule has 0 saturated heterocycles. The summed E-state index contributed by atoms with van der Waals surface area (Å²) < 4.78 is 32.7. The van der Waals surface area contributed by atoms with Gasteiger partial charge in [0.15, 0.2) is 0 Å². The molecule has 9 heteroatoms. The van der Waals surface area contributed by atoms with Crippen LogP contribution in [0.4, 0.5) is 18.9 Å². The van der Waals surface area contributed by atoms with E-state index in [-0.39, 0.29) is 0 Å². The molecule has 0 aliphatic rings. The van der Waals surface area contributed by atoms with E-state index in [0.29, 0.717) is 10.8 Å². The first-order valence-corrected chi connectivity index (χ1v) is 5.57. The molecule has 2 heterocycles. The average molecular weight is 299 g/mol. The smallest absolute Gasteiger partial charge is 0.475 e. The van der Waals surface area contributed by atoms with Crippen molar-refractivity contribution in [3.63, 3.8) is 0 Å². The first-order chi connectivity index (χ1) is 8.21. The number of nitrogens with two attached hydrogens (primary N) is 1. The number of fused-ring (bicyclic) bond motifs is 1. The maximum atomic E-state index is 10.6. The van der Waals surface area contributed by atoms with E-state index in [0.717, 1.165) is 10.2 Å². The number of halogens is 4. The van der Waals surface area contributed by atoms with Crippen LogP contribution in [-0.2, 0) is 4.79 Å². The highest BCUT2D eigenvalue weighted by Crippen LogP contribution is 2.27. The number of carbonyl (C=O) groups is 1. The van der Waals surface area contributed by atoms with Crippen LogP contribution in [0.25, 0.3) is 10.2 Å². The summed E-state index contributed by atoms with van der Waals surface area (Å²) in [7, 11) is 0. The summed E-state index contributed by atoms with van der Waals surface area (Å²) >= 11 is 7.27. The molecular weight excluding hydrogens is 293 g/mol. The summed E-state index contributed by atoms with van der Waals surface area (Å²) in [5, 5.41) is 9.53. The van der Waals surface area contributed by atoms with Crippen LogP contribution < -0.4 is 5.73 Å². The number of anilines is 1. The minimum Gasteiger partial charge on any atom is -0.475 e. The Balaban J connectivity index is 0.000000203. The van der Waals surface area contributed by atoms with Gasteiger partial charge >= 0.3 is 12.1 Å². The summed E-state index contributed by atoms with van der Waals surface area (Å²) in [6.07, 6.45) is -5.08. The number of hydrogen-bond acceptors (Lipinski definition) is 4. The molecule has 0 radical (unpaired) electrons. The molecule has 2 aromatic heterocycles. The van der Waals surface area contributed by atoms with Crippen molar-refractivity contribution in [2.45, 2.75) is 6.18 Å². The number of hydrogen-bond donors (Lipinski definition) is 2. The van der Waals surface area contributed by atoms with Crippen LogP contribution in [0.3, 0.4) is 0 Å². The number of aromatic nitrogens is 1. The molecule has 2 aromatic rings. The molecule has 0 aliphatic carbocycles. The Kier molecular flexibility index (Phi) is 4.36. The number of pyridine rings is 1. The third-order valence-electron chi connectivity index (χ3n) is 1.65. The summed E-state index contributed by atoms with van der Waals surface area (Å²) in [5.41, 5.74) is 7.27. The molecule has 3 N–H and O–H groups in total. The Morgan fingerprint density at radius 1 is 1.50 bits per heavy atom. The van der Waals surface area contributed by atoms with Gasteiger partial charge in [-0.2, -0.15) is 13.2 Å². The monoisotopic (exact) mass is 298 g/mol. The van der Waals surface area contributed by atoms with Gasteiger partial charge in [0.05, 0.1) is 15.9 Å². The lowest BCUT2D eigenvalue weighted by Gasteiger charge is -1.94. The van der Waals surface area contributed by atoms with Gasteiger partial charge in [-0.15, -0.1) is 11.3 Å². The molecule has 0 aromatic carbocycles. The molecule has 0 amide bonds. The number of alkyl halides is 3. The highest BCUT2D eigenvalue weighted by Gasteiger charge is 2.38. The Morgan fingerprint density at radius 2 is 2.06 bits per heavy atom. The van der Waals surface area contributed by atoms with Crippen LogP contribution in [-0.4, -0.2) is 22.2 Å². The highest BCUT2D eigenvalue weighted by atomic mass is 35.5. The number of aliphatic carboxylic acids is 1. The number of nitrogens with zero attached hydrogens (tertiary/aromatic N) is 1. The second-order valence-corrected chi connectivity index (χ2v) is 4.28. The normalized spacial score (nSPS) is 10.9. The van der Waals surface area contributed by atoms with Crippen molar-refractivity contribution < 1.29 is 23.1 Å². The van der Waals surface area contributed by atoms with E-state index in [9.17, 15) is 13.2 Å². The molecular formula is C9H6ClF3N2O2S. The van der Waals surface area contributed by atoms with E-state index in [1.165, 1.54) is 0 Å². The van der Waals surface area contributed by atoms with Gasteiger partial charge in [0, 0.05) is 0 Å². The van der Waals surface area contributed by atoms with Crippen LogP contribution in [0.1, 0.15) is 0 Å². The van der Waals surface area contributed by atoms with E-state index in [4.69, 9.17) is 27.2 Å². The van der Waals surface area contributed by atoms with Crippen LogP contribution in [0, 0.1) is 0 Å². The number of carboxylic acid groups (broad SMARTS) is 1. The second-order valence-electron chi connectivity index (χ2n) is 2.97. The second kappa shape index (κ2) is 5.40. The summed E-state index contributed by atoms with van der Waals surface area (Å²) in [6, 6.07) is 3.57. The Labute approximate surface area is 108 Å². The number of carboxylic acids is 1. The Bertz CT molecular complexity index is 570. The van der Waals surface area contributed by atoms with Crippen molar-refractivity contribution >= 4 is 44.8 Å². The first-order valence-electron chi connectivity index (χ1n) is 4.31. The molecule has 0 bridgehead atoms. The van der Waals surface area contributed by atoms with Gasteiger partial charge in [0.1, 0.15) is 5.15 Å². The topological polar surface area (TPSA) is 76.2 Å². The minimum atomic E-state index is -5.08. The van der Waals surface area contributed by atoms with Gasteiger partial charge in [-0.3, -0.25) is 0 Å². The maximum Gasteiger partial charge on any atom is 0.490 e. The zero-order valence-electron chi connectivity index (χ0n) is 8.53. The minimum absolute atomic E-state index is 0.452. The lowest BCUT2D eigenvalue weighted by molar-refractivity contribution is -0.192. The van der Waals surface area contributed by atoms with Gasteiger partial charge in [-0.05, 0) is 17.5 Å². The van der Waals surface area contributed by atoms with Gasteiger partial charge < -0.3 is 10.8 Å². The number of nitrogen functional groups attached to an aromatic ring is 1. The average Bonchev–Trinajstić information content (AvgIpc) is 2.64. The van der Waals surface area contributed by atoms with E-state index >= 15 is 0 Å². The van der Waals surface area contributed by atoms with Crippen LogP contribution in [0.2, 0.25) is 5.15 Å². The molecule has 0 saturated carbocycles. The van der Waals surface area contributed by atoms with Gasteiger partial charge in [-0.1, -0.05) is 11.6 Å². The third kappa shape index (κ3) is 3.74. The fourth-order valence-corrected chi connectivity index (χ4v) is 1.92. The predicted octanol–water partition coefficient (Wildman–Crippen LogP) is 3.17. The van der Waals surface area contributed by atoms with Crippen molar-refractivity contribution in [2.24, 2.45) is 0 Å². The lowest BCUT2D eigenvalue weighted by Crippen LogP contribution is -2.21. The zero-order valence-corrected chi connectivity index (χ0v) is 10.1. The van der Waals surface area contributed by atoms with E-state index < -0.39 is 12.1 Å². The van der Waals surface area contributed by atoms with Crippen molar-refractivity contribution in [1.82, 2.24) is 4.98 Å². The molecule has 0 fully saturated rings. The van der Waals surface area contributed by atoms with Gasteiger partial charge in [0.25, 0.3) is 0 Å². The van der Waals surface area contributed by atoms with Crippen LogP contribution in [0.15, 0.2) is 17.5 Å². The standard InChI is InChI=1S/C7H5ClN2S.C2HF3O2/c8-6-3-4(9)7-5(10-6)1-2-11-7;3-2(4,5)1(6)7/h1-3H,(H2,9,10);(H,6,7). The van der Waals surface area contributed by atoms with E-state index in [2.05, 4.69) is 4.98 Å². The molecule has 2 rings (SSSR count).